The molecule has 0 atom stereocenters. The lowest BCUT2D eigenvalue weighted by Gasteiger charge is -2.15. The van der Waals surface area contributed by atoms with Crippen molar-refractivity contribution >= 4 is 16.9 Å². The molecule has 6 nitrogen and oxygen atoms in total. The van der Waals surface area contributed by atoms with Crippen molar-refractivity contribution in [2.75, 3.05) is 7.11 Å². The summed E-state index contributed by atoms with van der Waals surface area (Å²) in [7, 11) is 1.30. The summed E-state index contributed by atoms with van der Waals surface area (Å²) >= 11 is 0. The minimum atomic E-state index is -5.08. The maximum atomic E-state index is 13.7. The van der Waals surface area contributed by atoms with Gasteiger partial charge in [-0.05, 0) is 48.5 Å². The predicted molar refractivity (Wildman–Crippen MR) is 112 cm³/mol. The van der Waals surface area contributed by atoms with Crippen molar-refractivity contribution in [1.29, 1.82) is 0 Å². The third kappa shape index (κ3) is 4.56. The van der Waals surface area contributed by atoms with E-state index in [1.807, 2.05) is 0 Å². The molecule has 34 heavy (non-hydrogen) atoms. The Bertz CT molecular complexity index is 1420. The number of para-hydroxylation sites is 2. The number of carbonyl (C=O) groups excluding carboxylic acids is 1. The van der Waals surface area contributed by atoms with Crippen molar-refractivity contribution < 1.29 is 41.0 Å². The normalized spacial score (nSPS) is 11.3. The topological polar surface area (TPSA) is 75.0 Å². The number of methoxy groups -OCH3 is 1. The van der Waals surface area contributed by atoms with Crippen LogP contribution in [0.25, 0.3) is 11.0 Å². The predicted octanol–water partition coefficient (Wildman–Crippen LogP) is 5.97. The fraction of sp³-hybridized carbons (Fsp3) is 0.0833. The quantitative estimate of drug-likeness (QED) is 0.202. The van der Waals surface area contributed by atoms with Crippen LogP contribution in [0, 0.1) is 5.82 Å². The molecule has 3 aromatic carbocycles. The number of benzene rings is 3. The average Bonchev–Trinajstić information content (AvgIpc) is 2.80. The number of carbonyl (C=O) groups is 1. The molecule has 0 aliphatic heterocycles. The minimum absolute atomic E-state index is 0.0134. The summed E-state index contributed by atoms with van der Waals surface area (Å²) in [4.78, 5) is 25.1. The van der Waals surface area contributed by atoms with Crippen molar-refractivity contribution in [2.45, 2.75) is 6.18 Å². The summed E-state index contributed by atoms with van der Waals surface area (Å²) in [6.45, 7) is 0. The fourth-order valence-electron chi connectivity index (χ4n) is 3.06. The highest BCUT2D eigenvalue weighted by atomic mass is 19.4. The van der Waals surface area contributed by atoms with Crippen LogP contribution in [0.4, 0.5) is 17.6 Å². The van der Waals surface area contributed by atoms with Gasteiger partial charge in [0, 0.05) is 6.07 Å². The molecule has 0 spiro atoms. The molecule has 4 aromatic rings. The lowest BCUT2D eigenvalue weighted by atomic mass is 10.2. The molecule has 0 bridgehead atoms. The molecular formula is C24H14F4O6. The van der Waals surface area contributed by atoms with E-state index in [0.717, 1.165) is 24.3 Å². The number of halogens is 4. The Morgan fingerprint density at radius 3 is 2.26 bits per heavy atom. The zero-order chi connectivity index (χ0) is 24.5. The molecule has 0 fully saturated rings. The molecular weight excluding hydrogens is 460 g/mol. The molecule has 1 heterocycles. The Balaban J connectivity index is 1.76. The number of hydrogen-bond donors (Lipinski definition) is 0. The Hall–Kier alpha value is -4.34. The van der Waals surface area contributed by atoms with E-state index in [4.69, 9.17) is 18.6 Å². The highest BCUT2D eigenvalue weighted by Gasteiger charge is 2.40. The van der Waals surface area contributed by atoms with Gasteiger partial charge in [-0.3, -0.25) is 4.79 Å². The van der Waals surface area contributed by atoms with Gasteiger partial charge in [-0.1, -0.05) is 12.1 Å². The highest BCUT2D eigenvalue weighted by molar-refractivity contribution is 5.91. The maximum absolute atomic E-state index is 13.7. The van der Waals surface area contributed by atoms with E-state index < -0.39 is 40.5 Å². The summed E-state index contributed by atoms with van der Waals surface area (Å²) in [5.41, 5.74) is -1.55. The van der Waals surface area contributed by atoms with Gasteiger partial charge in [0.2, 0.25) is 11.2 Å². The Labute approximate surface area is 188 Å². The summed E-state index contributed by atoms with van der Waals surface area (Å²) in [5.74, 6) is -4.37. The minimum Gasteiger partial charge on any atom is -0.493 e. The van der Waals surface area contributed by atoms with Crippen molar-refractivity contribution in [2.24, 2.45) is 0 Å². The van der Waals surface area contributed by atoms with Gasteiger partial charge in [0.05, 0.1) is 18.1 Å². The first-order valence-corrected chi connectivity index (χ1v) is 9.64. The molecule has 0 unspecified atom stereocenters. The fourth-order valence-corrected chi connectivity index (χ4v) is 3.06. The number of hydrogen-bond acceptors (Lipinski definition) is 6. The zero-order valence-electron chi connectivity index (χ0n) is 17.3. The van der Waals surface area contributed by atoms with Gasteiger partial charge in [-0.2, -0.15) is 13.2 Å². The molecule has 1 aromatic heterocycles. The van der Waals surface area contributed by atoms with Gasteiger partial charge < -0.3 is 18.6 Å². The van der Waals surface area contributed by atoms with E-state index in [0.29, 0.717) is 0 Å². The van der Waals surface area contributed by atoms with Crippen molar-refractivity contribution in [1.82, 2.24) is 0 Å². The molecule has 0 radical (unpaired) electrons. The second kappa shape index (κ2) is 8.89. The lowest BCUT2D eigenvalue weighted by molar-refractivity contribution is -0.154. The SMILES string of the molecule is COc1ccccc1Oc1c(C(F)(F)F)oc2cc(OC(=O)c3ccc(F)cc3)ccc2c1=O. The second-order valence-electron chi connectivity index (χ2n) is 6.89. The largest absolute Gasteiger partial charge is 0.493 e. The van der Waals surface area contributed by atoms with Crippen LogP contribution in [0.3, 0.4) is 0 Å². The van der Waals surface area contributed by atoms with Crippen molar-refractivity contribution in [3.05, 3.63) is 94.1 Å². The van der Waals surface area contributed by atoms with E-state index in [1.165, 1.54) is 43.5 Å². The second-order valence-corrected chi connectivity index (χ2v) is 6.89. The summed E-state index contributed by atoms with van der Waals surface area (Å²) in [6, 6.07) is 13.6. The van der Waals surface area contributed by atoms with Crippen LogP contribution in [0.15, 0.2) is 75.9 Å². The first-order chi connectivity index (χ1) is 16.2. The van der Waals surface area contributed by atoms with Crippen LogP contribution in [0.5, 0.6) is 23.0 Å². The monoisotopic (exact) mass is 474 g/mol. The van der Waals surface area contributed by atoms with Crippen LogP contribution in [-0.4, -0.2) is 13.1 Å². The van der Waals surface area contributed by atoms with E-state index in [1.54, 1.807) is 6.07 Å². The molecule has 10 heteroatoms. The van der Waals surface area contributed by atoms with Gasteiger partial charge in [-0.15, -0.1) is 0 Å². The van der Waals surface area contributed by atoms with Gasteiger partial charge in [0.1, 0.15) is 17.1 Å². The summed E-state index contributed by atoms with van der Waals surface area (Å²) in [6.07, 6.45) is -5.08. The smallest absolute Gasteiger partial charge is 0.453 e. The molecule has 4 rings (SSSR count). The van der Waals surface area contributed by atoms with Crippen LogP contribution in [-0.2, 0) is 6.18 Å². The molecule has 0 aliphatic carbocycles. The van der Waals surface area contributed by atoms with E-state index in [-0.39, 0.29) is 28.2 Å². The number of ether oxygens (including phenoxy) is 3. The number of alkyl halides is 3. The van der Waals surface area contributed by atoms with Gasteiger partial charge >= 0.3 is 12.1 Å². The van der Waals surface area contributed by atoms with Crippen LogP contribution in [0.1, 0.15) is 16.1 Å². The molecule has 0 saturated heterocycles. The highest BCUT2D eigenvalue weighted by Crippen LogP contribution is 2.40. The number of rotatable bonds is 5. The summed E-state index contributed by atoms with van der Waals surface area (Å²) < 4.78 is 74.7. The van der Waals surface area contributed by atoms with E-state index in [9.17, 15) is 27.2 Å². The van der Waals surface area contributed by atoms with E-state index in [2.05, 4.69) is 0 Å². The lowest BCUT2D eigenvalue weighted by Crippen LogP contribution is -2.16. The maximum Gasteiger partial charge on any atom is 0.453 e. The van der Waals surface area contributed by atoms with Gasteiger partial charge in [0.25, 0.3) is 5.76 Å². The average molecular weight is 474 g/mol. The zero-order valence-corrected chi connectivity index (χ0v) is 17.3. The molecule has 0 aliphatic rings. The summed E-state index contributed by atoms with van der Waals surface area (Å²) in [5, 5.41) is -0.237. The van der Waals surface area contributed by atoms with Crippen LogP contribution in [0.2, 0.25) is 0 Å². The third-order valence-corrected chi connectivity index (χ3v) is 4.65. The molecule has 0 amide bonds. The van der Waals surface area contributed by atoms with Crippen molar-refractivity contribution in [3.63, 3.8) is 0 Å². The van der Waals surface area contributed by atoms with Crippen LogP contribution >= 0.6 is 0 Å². The van der Waals surface area contributed by atoms with Crippen molar-refractivity contribution in [3.8, 4) is 23.0 Å². The number of fused-ring (bicyclic) bond motifs is 1. The molecule has 0 N–H and O–H groups in total. The first kappa shape index (κ1) is 22.8. The first-order valence-electron chi connectivity index (χ1n) is 9.64. The Morgan fingerprint density at radius 2 is 1.62 bits per heavy atom. The Morgan fingerprint density at radius 1 is 0.941 bits per heavy atom. The number of esters is 1. The molecule has 174 valence electrons. The molecule has 0 saturated carbocycles. The standard InChI is InChI=1S/C24H14F4O6/c1-31-17-4-2-3-5-18(17)33-21-20(29)16-11-10-15(12-19(16)34-22(21)24(26,27)28)32-23(30)13-6-8-14(25)9-7-13/h2-12H,1H3. The van der Waals surface area contributed by atoms with Crippen LogP contribution < -0.4 is 19.6 Å². The van der Waals surface area contributed by atoms with Gasteiger partial charge in [0.15, 0.2) is 11.5 Å². The van der Waals surface area contributed by atoms with E-state index >= 15 is 0 Å². The third-order valence-electron chi connectivity index (χ3n) is 4.65. The van der Waals surface area contributed by atoms with Gasteiger partial charge in [-0.25, -0.2) is 9.18 Å². The Kier molecular flexibility index (Phi) is 5.97.